The van der Waals surface area contributed by atoms with Gasteiger partial charge in [-0.15, -0.1) is 0 Å². The van der Waals surface area contributed by atoms with Gasteiger partial charge in [0.05, 0.1) is 7.11 Å². The van der Waals surface area contributed by atoms with Crippen LogP contribution in [-0.4, -0.2) is 26.7 Å². The van der Waals surface area contributed by atoms with Crippen LogP contribution >= 0.6 is 0 Å². The van der Waals surface area contributed by atoms with Gasteiger partial charge < -0.3 is 15.4 Å². The van der Waals surface area contributed by atoms with Crippen molar-refractivity contribution < 1.29 is 4.74 Å². The van der Waals surface area contributed by atoms with E-state index in [0.717, 1.165) is 12.3 Å². The molecule has 0 atom stereocenters. The van der Waals surface area contributed by atoms with Gasteiger partial charge in [-0.05, 0) is 55.9 Å². The molecule has 0 spiro atoms. The summed E-state index contributed by atoms with van der Waals surface area (Å²) in [6, 6.07) is 6.65. The first-order valence-electron chi connectivity index (χ1n) is 8.93. The Labute approximate surface area is 134 Å². The fourth-order valence-electron chi connectivity index (χ4n) is 4.29. The Morgan fingerprint density at radius 1 is 1.05 bits per heavy atom. The SMILES string of the molecule is COc1ccc(N2CCCCC2)c(C2(CN)CCCCC2)c1. The number of nitrogens with zero attached hydrogens (tertiary/aromatic N) is 1. The highest BCUT2D eigenvalue weighted by atomic mass is 16.5. The second kappa shape index (κ2) is 6.91. The summed E-state index contributed by atoms with van der Waals surface area (Å²) >= 11 is 0. The van der Waals surface area contributed by atoms with Gasteiger partial charge in [0.25, 0.3) is 0 Å². The number of nitrogens with two attached hydrogens (primary N) is 1. The van der Waals surface area contributed by atoms with Crippen molar-refractivity contribution >= 4 is 5.69 Å². The lowest BCUT2D eigenvalue weighted by atomic mass is 9.68. The van der Waals surface area contributed by atoms with Crippen LogP contribution in [0, 0.1) is 0 Å². The number of benzene rings is 1. The van der Waals surface area contributed by atoms with Gasteiger partial charge in [-0.3, -0.25) is 0 Å². The van der Waals surface area contributed by atoms with E-state index in [4.69, 9.17) is 10.5 Å². The van der Waals surface area contributed by atoms with Crippen molar-refractivity contribution in [3.05, 3.63) is 23.8 Å². The first-order chi connectivity index (χ1) is 10.8. The minimum Gasteiger partial charge on any atom is -0.497 e. The molecule has 1 heterocycles. The summed E-state index contributed by atoms with van der Waals surface area (Å²) in [5.41, 5.74) is 9.30. The number of hydrogen-bond acceptors (Lipinski definition) is 3. The zero-order valence-corrected chi connectivity index (χ0v) is 13.9. The van der Waals surface area contributed by atoms with Gasteiger partial charge in [-0.25, -0.2) is 0 Å². The molecule has 1 aliphatic heterocycles. The molecular formula is C19H30N2O. The highest BCUT2D eigenvalue weighted by Crippen LogP contribution is 2.44. The van der Waals surface area contributed by atoms with Gasteiger partial charge in [0.1, 0.15) is 5.75 Å². The average Bonchev–Trinajstić information content (AvgIpc) is 2.62. The van der Waals surface area contributed by atoms with Crippen molar-refractivity contribution in [1.82, 2.24) is 0 Å². The molecule has 1 aromatic rings. The van der Waals surface area contributed by atoms with Crippen LogP contribution in [0.25, 0.3) is 0 Å². The van der Waals surface area contributed by atoms with Crippen molar-refractivity contribution in [1.29, 1.82) is 0 Å². The highest BCUT2D eigenvalue weighted by molar-refractivity contribution is 5.60. The van der Waals surface area contributed by atoms with E-state index in [1.807, 2.05) is 0 Å². The van der Waals surface area contributed by atoms with Crippen molar-refractivity contribution in [2.45, 2.75) is 56.8 Å². The zero-order valence-electron chi connectivity index (χ0n) is 13.9. The molecule has 1 aromatic carbocycles. The lowest BCUT2D eigenvalue weighted by Gasteiger charge is -2.41. The van der Waals surface area contributed by atoms with Crippen LogP contribution in [0.5, 0.6) is 5.75 Å². The molecule has 0 aromatic heterocycles. The second-order valence-corrected chi connectivity index (χ2v) is 6.98. The van der Waals surface area contributed by atoms with Gasteiger partial charge >= 0.3 is 0 Å². The summed E-state index contributed by atoms with van der Waals surface area (Å²) in [5, 5.41) is 0. The predicted octanol–water partition coefficient (Wildman–Crippen LogP) is 3.85. The quantitative estimate of drug-likeness (QED) is 0.918. The van der Waals surface area contributed by atoms with Gasteiger partial charge in [0.15, 0.2) is 0 Å². The van der Waals surface area contributed by atoms with E-state index in [0.29, 0.717) is 0 Å². The second-order valence-electron chi connectivity index (χ2n) is 6.98. The number of rotatable bonds is 4. The molecule has 2 N–H and O–H groups in total. The number of ether oxygens (including phenoxy) is 1. The smallest absolute Gasteiger partial charge is 0.119 e. The minimum atomic E-state index is 0.152. The zero-order chi connectivity index (χ0) is 15.4. The van der Waals surface area contributed by atoms with E-state index in [1.54, 1.807) is 7.11 Å². The van der Waals surface area contributed by atoms with E-state index in [1.165, 1.54) is 75.7 Å². The Morgan fingerprint density at radius 2 is 1.73 bits per heavy atom. The molecule has 122 valence electrons. The molecule has 3 rings (SSSR count). The normalized spacial score (nSPS) is 21.6. The molecule has 0 unspecified atom stereocenters. The first-order valence-corrected chi connectivity index (χ1v) is 8.93. The maximum absolute atomic E-state index is 6.30. The van der Waals surface area contributed by atoms with Crippen LogP contribution in [0.3, 0.4) is 0 Å². The third-order valence-electron chi connectivity index (χ3n) is 5.67. The van der Waals surface area contributed by atoms with Crippen molar-refractivity contribution in [3.63, 3.8) is 0 Å². The molecule has 0 bridgehead atoms. The maximum Gasteiger partial charge on any atom is 0.119 e. The van der Waals surface area contributed by atoms with Crippen molar-refractivity contribution in [3.8, 4) is 5.75 Å². The largest absolute Gasteiger partial charge is 0.497 e. The molecule has 0 amide bonds. The molecule has 1 aliphatic carbocycles. The van der Waals surface area contributed by atoms with Gasteiger partial charge in [-0.1, -0.05) is 19.3 Å². The fraction of sp³-hybridized carbons (Fsp3) is 0.684. The standard InChI is InChI=1S/C19H30N2O/c1-22-16-8-9-18(21-12-6-3-7-13-21)17(14-16)19(15-20)10-4-2-5-11-19/h8-9,14H,2-7,10-13,15,20H2,1H3. The third-order valence-corrected chi connectivity index (χ3v) is 5.67. The molecule has 3 heteroatoms. The maximum atomic E-state index is 6.30. The summed E-state index contributed by atoms with van der Waals surface area (Å²) in [6.07, 6.45) is 10.4. The fourth-order valence-corrected chi connectivity index (χ4v) is 4.29. The summed E-state index contributed by atoms with van der Waals surface area (Å²) in [5.74, 6) is 0.967. The highest BCUT2D eigenvalue weighted by Gasteiger charge is 2.35. The molecular weight excluding hydrogens is 272 g/mol. The Bertz CT molecular complexity index is 488. The van der Waals surface area contributed by atoms with Gasteiger partial charge in [-0.2, -0.15) is 0 Å². The van der Waals surface area contributed by atoms with Crippen molar-refractivity contribution in [2.24, 2.45) is 5.73 Å². The first kappa shape index (κ1) is 15.7. The molecule has 2 fully saturated rings. The minimum absolute atomic E-state index is 0.152. The molecule has 3 nitrogen and oxygen atoms in total. The van der Waals surface area contributed by atoms with Crippen LogP contribution in [0.2, 0.25) is 0 Å². The number of piperidine rings is 1. The molecule has 1 saturated carbocycles. The number of hydrogen-bond donors (Lipinski definition) is 1. The van der Waals surface area contributed by atoms with Crippen LogP contribution in [0.15, 0.2) is 18.2 Å². The Balaban J connectivity index is 2.01. The van der Waals surface area contributed by atoms with Crippen molar-refractivity contribution in [2.75, 3.05) is 31.6 Å². The molecule has 2 aliphatic rings. The summed E-state index contributed by atoms with van der Waals surface area (Å²) in [7, 11) is 1.76. The number of anilines is 1. The Hall–Kier alpha value is -1.22. The van der Waals surface area contributed by atoms with E-state index >= 15 is 0 Å². The van der Waals surface area contributed by atoms with Crippen LogP contribution in [0.4, 0.5) is 5.69 Å². The van der Waals surface area contributed by atoms with Crippen LogP contribution in [0.1, 0.15) is 56.9 Å². The Morgan fingerprint density at radius 3 is 2.36 bits per heavy atom. The lowest BCUT2D eigenvalue weighted by molar-refractivity contribution is 0.299. The van der Waals surface area contributed by atoms with Crippen LogP contribution in [-0.2, 0) is 5.41 Å². The van der Waals surface area contributed by atoms with E-state index in [2.05, 4.69) is 23.1 Å². The Kier molecular flexibility index (Phi) is 4.92. The van der Waals surface area contributed by atoms with Gasteiger partial charge in [0.2, 0.25) is 0 Å². The topological polar surface area (TPSA) is 38.5 Å². The summed E-state index contributed by atoms with van der Waals surface area (Å²) in [6.45, 7) is 3.11. The van der Waals surface area contributed by atoms with Crippen LogP contribution < -0.4 is 15.4 Å². The van der Waals surface area contributed by atoms with E-state index < -0.39 is 0 Å². The predicted molar refractivity (Wildman–Crippen MR) is 92.9 cm³/mol. The van der Waals surface area contributed by atoms with Gasteiger partial charge in [0, 0.05) is 30.7 Å². The summed E-state index contributed by atoms with van der Waals surface area (Å²) in [4.78, 5) is 2.57. The number of methoxy groups -OCH3 is 1. The average molecular weight is 302 g/mol. The molecule has 22 heavy (non-hydrogen) atoms. The monoisotopic (exact) mass is 302 g/mol. The third kappa shape index (κ3) is 2.96. The summed E-state index contributed by atoms with van der Waals surface area (Å²) < 4.78 is 5.52. The molecule has 0 radical (unpaired) electrons. The lowest BCUT2D eigenvalue weighted by Crippen LogP contribution is -2.40. The van der Waals surface area contributed by atoms with E-state index in [9.17, 15) is 0 Å². The molecule has 1 saturated heterocycles. The van der Waals surface area contributed by atoms with E-state index in [-0.39, 0.29) is 5.41 Å².